The zero-order valence-electron chi connectivity index (χ0n) is 10.1. The molecule has 0 heterocycles. The summed E-state index contributed by atoms with van der Waals surface area (Å²) in [5.74, 6) is -0.0163. The molecule has 3 N–H and O–H groups in total. The highest BCUT2D eigenvalue weighted by molar-refractivity contribution is 9.10. The molecular formula is C13H16BrN3O. The Bertz CT molecular complexity index is 454. The average Bonchev–Trinajstić information content (AvgIpc) is 2.37. The molecule has 0 spiro atoms. The van der Waals surface area contributed by atoms with Gasteiger partial charge in [0.05, 0.1) is 17.3 Å². The van der Waals surface area contributed by atoms with Crippen LogP contribution in [0.15, 0.2) is 22.7 Å². The van der Waals surface area contributed by atoms with Crippen LogP contribution in [0.1, 0.15) is 31.2 Å². The van der Waals surface area contributed by atoms with E-state index in [0.29, 0.717) is 24.2 Å². The van der Waals surface area contributed by atoms with E-state index in [4.69, 9.17) is 11.0 Å². The van der Waals surface area contributed by atoms with Crippen LogP contribution in [-0.2, 0) is 4.79 Å². The zero-order valence-corrected chi connectivity index (χ0v) is 11.7. The molecule has 0 bridgehead atoms. The summed E-state index contributed by atoms with van der Waals surface area (Å²) in [4.78, 5) is 11.7. The maximum atomic E-state index is 11.7. The van der Waals surface area contributed by atoms with Gasteiger partial charge >= 0.3 is 0 Å². The molecule has 4 nitrogen and oxygen atoms in total. The molecule has 18 heavy (non-hydrogen) atoms. The highest BCUT2D eigenvalue weighted by atomic mass is 79.9. The lowest BCUT2D eigenvalue weighted by Crippen LogP contribution is -2.11. The maximum Gasteiger partial charge on any atom is 0.224 e. The van der Waals surface area contributed by atoms with Crippen molar-refractivity contribution in [3.63, 3.8) is 0 Å². The van der Waals surface area contributed by atoms with E-state index in [1.165, 1.54) is 0 Å². The zero-order chi connectivity index (χ0) is 13.4. The summed E-state index contributed by atoms with van der Waals surface area (Å²) in [5, 5.41) is 11.5. The van der Waals surface area contributed by atoms with Crippen molar-refractivity contribution in [3.05, 3.63) is 28.2 Å². The van der Waals surface area contributed by atoms with E-state index < -0.39 is 0 Å². The normalized spacial score (nSPS) is 9.83. The lowest BCUT2D eigenvalue weighted by molar-refractivity contribution is -0.116. The maximum absolute atomic E-state index is 11.7. The number of rotatable bonds is 6. The number of carbonyl (C=O) groups is 1. The fourth-order valence-electron chi connectivity index (χ4n) is 1.51. The lowest BCUT2D eigenvalue weighted by atomic mass is 10.2. The lowest BCUT2D eigenvalue weighted by Gasteiger charge is -2.07. The van der Waals surface area contributed by atoms with Crippen LogP contribution in [0.2, 0.25) is 0 Å². The fraction of sp³-hybridized carbons (Fsp3) is 0.385. The van der Waals surface area contributed by atoms with Gasteiger partial charge in [0.1, 0.15) is 0 Å². The second-order valence-corrected chi connectivity index (χ2v) is 4.81. The Morgan fingerprint density at radius 3 is 2.78 bits per heavy atom. The van der Waals surface area contributed by atoms with Crippen LogP contribution < -0.4 is 11.1 Å². The van der Waals surface area contributed by atoms with Gasteiger partial charge in [0.25, 0.3) is 0 Å². The van der Waals surface area contributed by atoms with Crippen molar-refractivity contribution in [2.75, 3.05) is 11.9 Å². The van der Waals surface area contributed by atoms with Gasteiger partial charge < -0.3 is 11.1 Å². The summed E-state index contributed by atoms with van der Waals surface area (Å²) in [6, 6.07) is 7.12. The number of nitrogens with zero attached hydrogens (tertiary/aromatic N) is 1. The van der Waals surface area contributed by atoms with Gasteiger partial charge in [-0.3, -0.25) is 4.79 Å². The molecule has 1 aromatic rings. The smallest absolute Gasteiger partial charge is 0.224 e. The van der Waals surface area contributed by atoms with E-state index >= 15 is 0 Å². The van der Waals surface area contributed by atoms with E-state index in [-0.39, 0.29) is 5.91 Å². The number of nitrogens with two attached hydrogens (primary N) is 1. The molecule has 1 rings (SSSR count). The number of halogens is 1. The fourth-order valence-corrected chi connectivity index (χ4v) is 1.98. The molecule has 0 aliphatic heterocycles. The number of unbranched alkanes of at least 4 members (excludes halogenated alkanes) is 2. The van der Waals surface area contributed by atoms with Crippen LogP contribution >= 0.6 is 15.9 Å². The number of anilines is 1. The first-order valence-electron chi connectivity index (χ1n) is 5.87. The number of amides is 1. The minimum absolute atomic E-state index is 0.0163. The SMILES string of the molecule is N#Cc1ccc(NC(=O)CCCCCN)c(Br)c1. The monoisotopic (exact) mass is 309 g/mol. The molecule has 0 atom stereocenters. The molecule has 5 heteroatoms. The van der Waals surface area contributed by atoms with Crippen molar-refractivity contribution >= 4 is 27.5 Å². The van der Waals surface area contributed by atoms with Gasteiger partial charge in [-0.05, 0) is 53.5 Å². The summed E-state index contributed by atoms with van der Waals surface area (Å²) in [7, 11) is 0. The molecule has 0 saturated heterocycles. The topological polar surface area (TPSA) is 78.9 Å². The number of nitrogens with one attached hydrogen (secondary N) is 1. The van der Waals surface area contributed by atoms with Crippen molar-refractivity contribution in [2.24, 2.45) is 5.73 Å². The average molecular weight is 310 g/mol. The van der Waals surface area contributed by atoms with E-state index in [1.807, 2.05) is 6.07 Å². The molecular weight excluding hydrogens is 294 g/mol. The molecule has 0 aliphatic rings. The predicted octanol–water partition coefficient (Wildman–Crippen LogP) is 2.78. The highest BCUT2D eigenvalue weighted by Crippen LogP contribution is 2.23. The first-order valence-corrected chi connectivity index (χ1v) is 6.66. The number of benzene rings is 1. The van der Waals surface area contributed by atoms with Gasteiger partial charge in [-0.1, -0.05) is 6.42 Å². The molecule has 0 aliphatic carbocycles. The van der Waals surface area contributed by atoms with E-state index in [2.05, 4.69) is 21.2 Å². The van der Waals surface area contributed by atoms with Gasteiger partial charge in [-0.25, -0.2) is 0 Å². The van der Waals surface area contributed by atoms with Crippen molar-refractivity contribution in [1.82, 2.24) is 0 Å². The quantitative estimate of drug-likeness (QED) is 0.793. The third-order valence-corrected chi connectivity index (χ3v) is 3.14. The van der Waals surface area contributed by atoms with Crippen molar-refractivity contribution in [2.45, 2.75) is 25.7 Å². The number of carbonyl (C=O) groups excluding carboxylic acids is 1. The van der Waals surface area contributed by atoms with Crippen LogP contribution in [0.4, 0.5) is 5.69 Å². The summed E-state index contributed by atoms with van der Waals surface area (Å²) < 4.78 is 0.719. The van der Waals surface area contributed by atoms with Gasteiger partial charge in [0.2, 0.25) is 5.91 Å². The second-order valence-electron chi connectivity index (χ2n) is 3.95. The molecule has 0 radical (unpaired) electrons. The van der Waals surface area contributed by atoms with E-state index in [9.17, 15) is 4.79 Å². The molecule has 0 aromatic heterocycles. The Hall–Kier alpha value is -1.38. The van der Waals surface area contributed by atoms with Crippen molar-refractivity contribution in [1.29, 1.82) is 5.26 Å². The summed E-state index contributed by atoms with van der Waals surface area (Å²) in [5.41, 5.74) is 6.63. The molecule has 0 fully saturated rings. The van der Waals surface area contributed by atoms with Gasteiger partial charge in [0, 0.05) is 10.9 Å². The first-order chi connectivity index (χ1) is 8.67. The van der Waals surface area contributed by atoms with Gasteiger partial charge in [-0.15, -0.1) is 0 Å². The summed E-state index contributed by atoms with van der Waals surface area (Å²) >= 11 is 3.33. The molecule has 0 unspecified atom stereocenters. The Morgan fingerprint density at radius 1 is 1.39 bits per heavy atom. The third-order valence-electron chi connectivity index (χ3n) is 2.48. The molecule has 1 amide bonds. The standard InChI is InChI=1S/C13H16BrN3O/c14-11-8-10(9-16)5-6-12(11)17-13(18)4-2-1-3-7-15/h5-6,8H,1-4,7,15H2,(H,17,18). The summed E-state index contributed by atoms with van der Waals surface area (Å²) in [6.45, 7) is 0.669. The Morgan fingerprint density at radius 2 is 2.17 bits per heavy atom. The van der Waals surface area contributed by atoms with Crippen LogP contribution in [0, 0.1) is 11.3 Å². The van der Waals surface area contributed by atoms with Crippen LogP contribution in [-0.4, -0.2) is 12.5 Å². The largest absolute Gasteiger partial charge is 0.330 e. The van der Waals surface area contributed by atoms with Crippen molar-refractivity contribution in [3.8, 4) is 6.07 Å². The van der Waals surface area contributed by atoms with Crippen LogP contribution in [0.5, 0.6) is 0 Å². The van der Waals surface area contributed by atoms with Gasteiger partial charge in [0.15, 0.2) is 0 Å². The van der Waals surface area contributed by atoms with Crippen LogP contribution in [0.3, 0.4) is 0 Å². The number of hydrogen-bond donors (Lipinski definition) is 2. The molecule has 96 valence electrons. The second kappa shape index (κ2) is 7.85. The third kappa shape index (κ3) is 4.86. The first kappa shape index (κ1) is 14.7. The Balaban J connectivity index is 2.47. The minimum atomic E-state index is -0.0163. The predicted molar refractivity (Wildman–Crippen MR) is 75.0 cm³/mol. The summed E-state index contributed by atoms with van der Waals surface area (Å²) in [6.07, 6.45) is 3.26. The minimum Gasteiger partial charge on any atom is -0.330 e. The van der Waals surface area contributed by atoms with Crippen LogP contribution in [0.25, 0.3) is 0 Å². The number of hydrogen-bond acceptors (Lipinski definition) is 3. The van der Waals surface area contributed by atoms with E-state index in [1.54, 1.807) is 18.2 Å². The Kier molecular flexibility index (Phi) is 6.40. The van der Waals surface area contributed by atoms with Gasteiger partial charge in [-0.2, -0.15) is 5.26 Å². The van der Waals surface area contributed by atoms with Crippen molar-refractivity contribution < 1.29 is 4.79 Å². The molecule has 1 aromatic carbocycles. The Labute approximate surface area is 115 Å². The number of nitriles is 1. The highest BCUT2D eigenvalue weighted by Gasteiger charge is 2.06. The van der Waals surface area contributed by atoms with E-state index in [0.717, 1.165) is 23.7 Å². The molecule has 0 saturated carbocycles.